The highest BCUT2D eigenvalue weighted by atomic mass is 16.3. The van der Waals surface area contributed by atoms with Gasteiger partial charge in [-0.15, -0.1) is 0 Å². The maximum absolute atomic E-state index is 12.0. The third kappa shape index (κ3) is 18.9. The monoisotopic (exact) mass is 411 g/mol. The number of amides is 1. The van der Waals surface area contributed by atoms with E-state index in [0.29, 0.717) is 6.42 Å². The van der Waals surface area contributed by atoms with Gasteiger partial charge in [0.2, 0.25) is 5.91 Å². The summed E-state index contributed by atoms with van der Waals surface area (Å²) in [6.45, 7) is 4.18. The number of rotatable bonds is 21. The number of unbranched alkanes of at least 4 members (excludes halogenated alkanes) is 14. The fourth-order valence-corrected chi connectivity index (χ4v) is 3.53. The molecule has 0 heterocycles. The summed E-state index contributed by atoms with van der Waals surface area (Å²) < 4.78 is 0. The second-order valence-corrected chi connectivity index (χ2v) is 8.41. The van der Waals surface area contributed by atoms with Crippen molar-refractivity contribution in [3.05, 3.63) is 12.2 Å². The smallest absolute Gasteiger partial charge is 0.220 e. The number of aliphatic hydroxyl groups is 2. The summed E-state index contributed by atoms with van der Waals surface area (Å²) >= 11 is 0. The Balaban J connectivity index is 3.72. The van der Waals surface area contributed by atoms with Crippen molar-refractivity contribution in [2.24, 2.45) is 0 Å². The van der Waals surface area contributed by atoms with Crippen molar-refractivity contribution in [3.63, 3.8) is 0 Å². The lowest BCUT2D eigenvalue weighted by atomic mass is 10.1. The summed E-state index contributed by atoms with van der Waals surface area (Å²) in [5.74, 6) is -0.0808. The van der Waals surface area contributed by atoms with E-state index < -0.39 is 12.1 Å². The molecular formula is C25H49NO3. The van der Waals surface area contributed by atoms with Gasteiger partial charge in [0.25, 0.3) is 0 Å². The Hall–Kier alpha value is -0.870. The molecule has 0 aliphatic heterocycles. The van der Waals surface area contributed by atoms with Crippen LogP contribution in [0.5, 0.6) is 0 Å². The van der Waals surface area contributed by atoms with Crippen LogP contribution < -0.4 is 5.32 Å². The van der Waals surface area contributed by atoms with Crippen LogP contribution in [0.4, 0.5) is 0 Å². The summed E-state index contributed by atoms with van der Waals surface area (Å²) in [6.07, 6.45) is 22.9. The average Bonchev–Trinajstić information content (AvgIpc) is 2.72. The zero-order valence-corrected chi connectivity index (χ0v) is 19.3. The minimum atomic E-state index is -0.827. The molecule has 3 N–H and O–H groups in total. The lowest BCUT2D eigenvalue weighted by Crippen LogP contribution is -2.45. The van der Waals surface area contributed by atoms with Gasteiger partial charge in [-0.05, 0) is 19.3 Å². The first-order valence-electron chi connectivity index (χ1n) is 12.4. The molecule has 1 amide bonds. The van der Waals surface area contributed by atoms with Crippen LogP contribution in [0, 0.1) is 0 Å². The van der Waals surface area contributed by atoms with Crippen molar-refractivity contribution in [1.29, 1.82) is 0 Å². The van der Waals surface area contributed by atoms with Gasteiger partial charge in [0.15, 0.2) is 0 Å². The van der Waals surface area contributed by atoms with Crippen molar-refractivity contribution < 1.29 is 15.0 Å². The number of aliphatic hydroxyl groups excluding tert-OH is 2. The Bertz CT molecular complexity index is 384. The van der Waals surface area contributed by atoms with Crippen LogP contribution in [-0.4, -0.2) is 34.9 Å². The van der Waals surface area contributed by atoms with Crippen LogP contribution in [0.15, 0.2) is 12.2 Å². The molecule has 4 heteroatoms. The molecule has 0 radical (unpaired) electrons. The molecule has 0 spiro atoms. The van der Waals surface area contributed by atoms with E-state index in [1.165, 1.54) is 70.6 Å². The molecule has 0 aliphatic rings. The van der Waals surface area contributed by atoms with Gasteiger partial charge >= 0.3 is 0 Å². The van der Waals surface area contributed by atoms with Gasteiger partial charge in [-0.3, -0.25) is 4.79 Å². The lowest BCUT2D eigenvalue weighted by Gasteiger charge is -2.20. The fourth-order valence-electron chi connectivity index (χ4n) is 3.53. The van der Waals surface area contributed by atoms with Crippen molar-refractivity contribution >= 4 is 5.91 Å². The number of nitrogens with one attached hydrogen (secondary N) is 1. The fraction of sp³-hybridized carbons (Fsp3) is 0.880. The summed E-state index contributed by atoms with van der Waals surface area (Å²) in [5.41, 5.74) is 0. The van der Waals surface area contributed by atoms with Crippen LogP contribution in [0.2, 0.25) is 0 Å². The number of hydrogen-bond donors (Lipinski definition) is 3. The Morgan fingerprint density at radius 1 is 0.793 bits per heavy atom. The van der Waals surface area contributed by atoms with Gasteiger partial charge in [0.05, 0.1) is 18.8 Å². The van der Waals surface area contributed by atoms with Crippen molar-refractivity contribution in [1.82, 2.24) is 5.32 Å². The van der Waals surface area contributed by atoms with Crippen LogP contribution in [0.1, 0.15) is 123 Å². The number of carbonyl (C=O) groups is 1. The van der Waals surface area contributed by atoms with Crippen LogP contribution in [0.25, 0.3) is 0 Å². The molecule has 0 saturated heterocycles. The minimum absolute atomic E-state index is 0.0808. The number of allylic oxidation sites excluding steroid dienone is 1. The van der Waals surface area contributed by atoms with Crippen molar-refractivity contribution in [2.75, 3.05) is 6.61 Å². The van der Waals surface area contributed by atoms with Gasteiger partial charge in [-0.2, -0.15) is 0 Å². The number of carbonyl (C=O) groups excluding carboxylic acids is 1. The topological polar surface area (TPSA) is 69.6 Å². The Kier molecular flexibility index (Phi) is 21.2. The second-order valence-electron chi connectivity index (χ2n) is 8.41. The maximum atomic E-state index is 12.0. The molecule has 172 valence electrons. The molecular weight excluding hydrogens is 362 g/mol. The van der Waals surface area contributed by atoms with E-state index in [2.05, 4.69) is 19.2 Å². The van der Waals surface area contributed by atoms with Crippen molar-refractivity contribution in [2.45, 2.75) is 135 Å². The SMILES string of the molecule is CCCCCCCCCCCC/C=C/[C@@H](O)[C@H](CO)NC(=O)CCCCCCC. The molecule has 0 unspecified atom stereocenters. The van der Waals surface area contributed by atoms with Gasteiger partial charge in [-0.25, -0.2) is 0 Å². The summed E-state index contributed by atoms with van der Waals surface area (Å²) in [7, 11) is 0. The normalized spacial score (nSPS) is 13.7. The van der Waals surface area contributed by atoms with Crippen molar-refractivity contribution in [3.8, 4) is 0 Å². The quantitative estimate of drug-likeness (QED) is 0.159. The van der Waals surface area contributed by atoms with Crippen LogP contribution in [0.3, 0.4) is 0 Å². The number of hydrogen-bond acceptors (Lipinski definition) is 3. The average molecular weight is 412 g/mol. The van der Waals surface area contributed by atoms with Gasteiger partial charge in [0.1, 0.15) is 0 Å². The van der Waals surface area contributed by atoms with Gasteiger partial charge < -0.3 is 15.5 Å². The first-order valence-corrected chi connectivity index (χ1v) is 12.4. The second kappa shape index (κ2) is 21.8. The van der Waals surface area contributed by atoms with Crippen LogP contribution >= 0.6 is 0 Å². The third-order valence-corrected chi connectivity index (χ3v) is 5.52. The summed E-state index contributed by atoms with van der Waals surface area (Å²) in [5, 5.41) is 22.4. The maximum Gasteiger partial charge on any atom is 0.220 e. The predicted molar refractivity (Wildman–Crippen MR) is 124 cm³/mol. The Morgan fingerprint density at radius 3 is 1.79 bits per heavy atom. The van der Waals surface area contributed by atoms with E-state index in [1.807, 2.05) is 6.08 Å². The Labute approximate surface area is 180 Å². The van der Waals surface area contributed by atoms with E-state index in [-0.39, 0.29) is 12.5 Å². The highest BCUT2D eigenvalue weighted by Crippen LogP contribution is 2.11. The first kappa shape index (κ1) is 28.1. The first-order chi connectivity index (χ1) is 14.2. The molecule has 0 aromatic heterocycles. The molecule has 0 aromatic carbocycles. The van der Waals surface area contributed by atoms with E-state index in [1.54, 1.807) is 6.08 Å². The Morgan fingerprint density at radius 2 is 1.28 bits per heavy atom. The molecule has 0 aliphatic carbocycles. The third-order valence-electron chi connectivity index (χ3n) is 5.52. The molecule has 0 saturated carbocycles. The van der Waals surface area contributed by atoms with E-state index in [0.717, 1.165) is 32.1 Å². The van der Waals surface area contributed by atoms with Crippen LogP contribution in [-0.2, 0) is 4.79 Å². The van der Waals surface area contributed by atoms with Gasteiger partial charge in [0, 0.05) is 6.42 Å². The summed E-state index contributed by atoms with van der Waals surface area (Å²) in [6, 6.07) is -0.609. The molecule has 0 fully saturated rings. The van der Waals surface area contributed by atoms with E-state index in [4.69, 9.17) is 0 Å². The molecule has 0 bridgehead atoms. The van der Waals surface area contributed by atoms with E-state index in [9.17, 15) is 15.0 Å². The largest absolute Gasteiger partial charge is 0.394 e. The highest BCUT2D eigenvalue weighted by Gasteiger charge is 2.17. The molecule has 0 rings (SSSR count). The zero-order valence-electron chi connectivity index (χ0n) is 19.3. The molecule has 2 atom stereocenters. The lowest BCUT2D eigenvalue weighted by molar-refractivity contribution is -0.123. The molecule has 0 aromatic rings. The molecule has 4 nitrogen and oxygen atoms in total. The van der Waals surface area contributed by atoms with Gasteiger partial charge in [-0.1, -0.05) is 109 Å². The highest BCUT2D eigenvalue weighted by molar-refractivity contribution is 5.76. The zero-order chi connectivity index (χ0) is 21.6. The summed E-state index contributed by atoms with van der Waals surface area (Å²) in [4.78, 5) is 12.0. The predicted octanol–water partition coefficient (Wildman–Crippen LogP) is 6.05. The minimum Gasteiger partial charge on any atom is -0.394 e. The standard InChI is InChI=1S/C25H49NO3/c1-3-5-7-9-10-11-12-13-14-15-17-18-20-24(28)23(22-27)26-25(29)21-19-16-8-6-4-2/h18,20,23-24,27-28H,3-17,19,21-22H2,1-2H3,(H,26,29)/b20-18+/t23-,24+/m0/s1. The molecule has 29 heavy (non-hydrogen) atoms. The van der Waals surface area contributed by atoms with E-state index >= 15 is 0 Å².